The van der Waals surface area contributed by atoms with Crippen molar-refractivity contribution in [3.05, 3.63) is 35.4 Å². The van der Waals surface area contributed by atoms with Crippen LogP contribution in [0.2, 0.25) is 0 Å². The first kappa shape index (κ1) is 19.7. The molecule has 0 aliphatic rings. The minimum Gasteiger partial charge on any atom is -0.356 e. The highest BCUT2D eigenvalue weighted by molar-refractivity contribution is 14.0. The molecule has 2 N–H and O–H groups in total. The topological polar surface area (TPSA) is 60.2 Å². The summed E-state index contributed by atoms with van der Waals surface area (Å²) >= 11 is 0. The fraction of sp³-hybridized carbons (Fsp3) is 0.500. The SMILES string of the molecule is CN=C(NCCCC(C)C)NCc1ccc(C#N)cc1.I. The van der Waals surface area contributed by atoms with Crippen molar-refractivity contribution in [2.24, 2.45) is 10.9 Å². The first-order chi connectivity index (χ1) is 9.65. The van der Waals surface area contributed by atoms with Crippen LogP contribution in [0.1, 0.15) is 37.8 Å². The Labute approximate surface area is 145 Å². The molecular formula is C16H25IN4. The normalized spacial score (nSPS) is 10.7. The van der Waals surface area contributed by atoms with Crippen molar-refractivity contribution in [3.8, 4) is 6.07 Å². The van der Waals surface area contributed by atoms with E-state index in [2.05, 4.69) is 35.5 Å². The molecule has 1 aromatic carbocycles. The minimum atomic E-state index is 0. The largest absolute Gasteiger partial charge is 0.356 e. The average Bonchev–Trinajstić information content (AvgIpc) is 2.47. The van der Waals surface area contributed by atoms with Gasteiger partial charge in [-0.25, -0.2) is 0 Å². The molecule has 0 bridgehead atoms. The van der Waals surface area contributed by atoms with E-state index in [0.29, 0.717) is 12.1 Å². The number of rotatable bonds is 6. The Morgan fingerprint density at radius 2 is 1.90 bits per heavy atom. The predicted molar refractivity (Wildman–Crippen MR) is 98.8 cm³/mol. The van der Waals surface area contributed by atoms with Crippen molar-refractivity contribution in [1.29, 1.82) is 5.26 Å². The summed E-state index contributed by atoms with van der Waals surface area (Å²) in [4.78, 5) is 4.20. The Hall–Kier alpha value is -1.29. The molecule has 0 saturated carbocycles. The van der Waals surface area contributed by atoms with Gasteiger partial charge in [0, 0.05) is 20.1 Å². The van der Waals surface area contributed by atoms with E-state index in [9.17, 15) is 0 Å². The van der Waals surface area contributed by atoms with Crippen molar-refractivity contribution in [1.82, 2.24) is 10.6 Å². The molecule has 0 amide bonds. The standard InChI is InChI=1S/C16H24N4.HI/c1-13(2)5-4-10-19-16(18-3)20-12-15-8-6-14(11-17)7-9-15;/h6-9,13H,4-5,10,12H2,1-3H3,(H2,18,19,20);1H. The predicted octanol–water partition coefficient (Wildman–Crippen LogP) is 3.28. The first-order valence-corrected chi connectivity index (χ1v) is 7.09. The fourth-order valence-electron chi connectivity index (χ4n) is 1.82. The lowest BCUT2D eigenvalue weighted by atomic mass is 10.1. The second-order valence-corrected chi connectivity index (χ2v) is 5.20. The van der Waals surface area contributed by atoms with E-state index in [1.54, 1.807) is 7.05 Å². The third-order valence-corrected chi connectivity index (χ3v) is 3.02. The van der Waals surface area contributed by atoms with E-state index in [1.807, 2.05) is 24.3 Å². The van der Waals surface area contributed by atoms with Crippen LogP contribution in [0.3, 0.4) is 0 Å². The van der Waals surface area contributed by atoms with Crippen LogP contribution < -0.4 is 10.6 Å². The number of benzene rings is 1. The molecule has 0 radical (unpaired) electrons. The third kappa shape index (κ3) is 8.56. The Morgan fingerprint density at radius 1 is 1.24 bits per heavy atom. The van der Waals surface area contributed by atoms with Gasteiger partial charge < -0.3 is 10.6 Å². The molecule has 21 heavy (non-hydrogen) atoms. The van der Waals surface area contributed by atoms with E-state index in [-0.39, 0.29) is 24.0 Å². The van der Waals surface area contributed by atoms with Gasteiger partial charge in [0.25, 0.3) is 0 Å². The van der Waals surface area contributed by atoms with Crippen LogP contribution in [0, 0.1) is 17.2 Å². The maximum Gasteiger partial charge on any atom is 0.191 e. The molecule has 5 heteroatoms. The molecule has 4 nitrogen and oxygen atoms in total. The molecule has 0 heterocycles. The molecule has 0 spiro atoms. The lowest BCUT2D eigenvalue weighted by Crippen LogP contribution is -2.37. The van der Waals surface area contributed by atoms with Crippen molar-refractivity contribution in [3.63, 3.8) is 0 Å². The summed E-state index contributed by atoms with van der Waals surface area (Å²) < 4.78 is 0. The van der Waals surface area contributed by atoms with Crippen LogP contribution in [-0.4, -0.2) is 19.6 Å². The molecule has 0 aromatic heterocycles. The highest BCUT2D eigenvalue weighted by Gasteiger charge is 1.99. The summed E-state index contributed by atoms with van der Waals surface area (Å²) in [5.41, 5.74) is 1.82. The van der Waals surface area contributed by atoms with Crippen molar-refractivity contribution < 1.29 is 0 Å². The molecule has 1 rings (SSSR count). The van der Waals surface area contributed by atoms with Crippen LogP contribution in [0.4, 0.5) is 0 Å². The number of hydrogen-bond acceptors (Lipinski definition) is 2. The van der Waals surface area contributed by atoms with Gasteiger partial charge in [-0.15, -0.1) is 24.0 Å². The van der Waals surface area contributed by atoms with Crippen molar-refractivity contribution in [2.75, 3.05) is 13.6 Å². The highest BCUT2D eigenvalue weighted by Crippen LogP contribution is 2.03. The highest BCUT2D eigenvalue weighted by atomic mass is 127. The van der Waals surface area contributed by atoms with Gasteiger partial charge in [-0.05, 0) is 36.5 Å². The summed E-state index contributed by atoms with van der Waals surface area (Å²) in [5, 5.41) is 15.3. The summed E-state index contributed by atoms with van der Waals surface area (Å²) in [7, 11) is 1.77. The zero-order valence-corrected chi connectivity index (χ0v) is 15.3. The summed E-state index contributed by atoms with van der Waals surface area (Å²) in [6.07, 6.45) is 2.37. The van der Waals surface area contributed by atoms with Crippen LogP contribution in [0.5, 0.6) is 0 Å². The van der Waals surface area contributed by atoms with Crippen LogP contribution >= 0.6 is 24.0 Å². The molecule has 0 unspecified atom stereocenters. The van der Waals surface area contributed by atoms with Gasteiger partial charge in [-0.3, -0.25) is 4.99 Å². The van der Waals surface area contributed by atoms with Crippen molar-refractivity contribution >= 4 is 29.9 Å². The second-order valence-electron chi connectivity index (χ2n) is 5.20. The number of nitrogens with one attached hydrogen (secondary N) is 2. The molecule has 0 atom stereocenters. The molecule has 0 saturated heterocycles. The maximum atomic E-state index is 8.75. The van der Waals surface area contributed by atoms with Gasteiger partial charge in [-0.2, -0.15) is 5.26 Å². The number of nitriles is 1. The number of aliphatic imine (C=N–C) groups is 1. The van der Waals surface area contributed by atoms with Crippen LogP contribution in [0.25, 0.3) is 0 Å². The Balaban J connectivity index is 0.00000400. The van der Waals surface area contributed by atoms with Crippen LogP contribution in [-0.2, 0) is 6.54 Å². The monoisotopic (exact) mass is 400 g/mol. The number of hydrogen-bond donors (Lipinski definition) is 2. The van der Waals surface area contributed by atoms with Crippen molar-refractivity contribution in [2.45, 2.75) is 33.2 Å². The lowest BCUT2D eigenvalue weighted by molar-refractivity contribution is 0.549. The molecular weight excluding hydrogens is 375 g/mol. The molecule has 0 aliphatic carbocycles. The minimum absolute atomic E-state index is 0. The van der Waals surface area contributed by atoms with Gasteiger partial charge >= 0.3 is 0 Å². The fourth-order valence-corrected chi connectivity index (χ4v) is 1.82. The number of guanidine groups is 1. The molecule has 116 valence electrons. The molecule has 1 aromatic rings. The maximum absolute atomic E-state index is 8.75. The third-order valence-electron chi connectivity index (χ3n) is 3.02. The van der Waals surface area contributed by atoms with E-state index in [1.165, 1.54) is 6.42 Å². The average molecular weight is 400 g/mol. The van der Waals surface area contributed by atoms with Crippen LogP contribution in [0.15, 0.2) is 29.3 Å². The van der Waals surface area contributed by atoms with E-state index in [4.69, 9.17) is 5.26 Å². The Morgan fingerprint density at radius 3 is 2.43 bits per heavy atom. The summed E-state index contributed by atoms with van der Waals surface area (Å²) in [5.74, 6) is 1.56. The summed E-state index contributed by atoms with van der Waals surface area (Å²) in [6.45, 7) is 6.11. The quantitative estimate of drug-likeness (QED) is 0.334. The Bertz CT molecular complexity index is 460. The second kappa shape index (κ2) is 11.4. The zero-order chi connectivity index (χ0) is 14.8. The molecule has 0 aliphatic heterocycles. The molecule has 0 fully saturated rings. The Kier molecular flexibility index (Phi) is 10.7. The lowest BCUT2D eigenvalue weighted by Gasteiger charge is -2.12. The zero-order valence-electron chi connectivity index (χ0n) is 13.0. The number of nitrogens with zero attached hydrogens (tertiary/aromatic N) is 2. The van der Waals surface area contributed by atoms with Gasteiger partial charge in [-0.1, -0.05) is 26.0 Å². The van der Waals surface area contributed by atoms with Gasteiger partial charge in [0.05, 0.1) is 11.6 Å². The van der Waals surface area contributed by atoms with Gasteiger partial charge in [0.1, 0.15) is 0 Å². The first-order valence-electron chi connectivity index (χ1n) is 7.09. The van der Waals surface area contributed by atoms with Gasteiger partial charge in [0.15, 0.2) is 5.96 Å². The van der Waals surface area contributed by atoms with E-state index >= 15 is 0 Å². The van der Waals surface area contributed by atoms with Gasteiger partial charge in [0.2, 0.25) is 0 Å². The van der Waals surface area contributed by atoms with E-state index < -0.39 is 0 Å². The van der Waals surface area contributed by atoms with E-state index in [0.717, 1.165) is 30.4 Å². The number of halogens is 1. The smallest absolute Gasteiger partial charge is 0.191 e. The summed E-state index contributed by atoms with van der Waals surface area (Å²) in [6, 6.07) is 9.69.